The van der Waals surface area contributed by atoms with Crippen LogP contribution in [0.4, 0.5) is 13.6 Å². The highest BCUT2D eigenvalue weighted by molar-refractivity contribution is 6.08. The van der Waals surface area contributed by atoms with E-state index in [0.717, 1.165) is 18.1 Å². The van der Waals surface area contributed by atoms with Gasteiger partial charge in [-0.25, -0.2) is 13.6 Å². The van der Waals surface area contributed by atoms with Crippen molar-refractivity contribution in [3.8, 4) is 5.75 Å². The largest absolute Gasteiger partial charge is 0.491 e. The summed E-state index contributed by atoms with van der Waals surface area (Å²) >= 11 is 0. The highest BCUT2D eigenvalue weighted by atomic mass is 19.1. The zero-order chi connectivity index (χ0) is 21.9. The Kier molecular flexibility index (Phi) is 3.97. The molecule has 4 heterocycles. The number of carbonyl (C=O) groups excluding carboxylic acids is 3. The number of pyridine rings is 1. The van der Waals surface area contributed by atoms with Gasteiger partial charge in [-0.2, -0.15) is 0 Å². The fourth-order valence-electron chi connectivity index (χ4n) is 3.99. The van der Waals surface area contributed by atoms with E-state index < -0.39 is 40.8 Å². The molecule has 0 radical (unpaired) electrons. The molecule has 0 bridgehead atoms. The zero-order valence-electron chi connectivity index (χ0n) is 16.0. The van der Waals surface area contributed by atoms with Crippen LogP contribution in [0, 0.1) is 11.6 Å². The van der Waals surface area contributed by atoms with Gasteiger partial charge < -0.3 is 19.4 Å². The van der Waals surface area contributed by atoms with Crippen molar-refractivity contribution in [2.24, 2.45) is 0 Å². The number of halogens is 2. The van der Waals surface area contributed by atoms with E-state index in [0.29, 0.717) is 11.0 Å². The number of amides is 4. The molecular formula is C20H14F2N4O5. The van der Waals surface area contributed by atoms with Gasteiger partial charge in [0.15, 0.2) is 22.9 Å². The maximum atomic E-state index is 14.7. The molecule has 0 unspecified atom stereocenters. The summed E-state index contributed by atoms with van der Waals surface area (Å²) in [7, 11) is 1.09. The molecule has 2 N–H and O–H groups in total. The first-order chi connectivity index (χ1) is 14.8. The molecular weight excluding hydrogens is 414 g/mol. The molecule has 2 aliphatic heterocycles. The van der Waals surface area contributed by atoms with Gasteiger partial charge >= 0.3 is 6.03 Å². The highest BCUT2D eigenvalue weighted by Crippen LogP contribution is 2.37. The Morgan fingerprint density at radius 1 is 1.29 bits per heavy atom. The quantitative estimate of drug-likeness (QED) is 0.613. The molecule has 5 rings (SSSR count). The number of carbonyl (C=O) groups is 3. The number of furan rings is 1. The molecule has 2 aromatic heterocycles. The first-order valence-electron chi connectivity index (χ1n) is 9.16. The minimum atomic E-state index is -1.76. The average Bonchev–Trinajstić information content (AvgIpc) is 3.37. The summed E-state index contributed by atoms with van der Waals surface area (Å²) in [6.07, 6.45) is 3.02. The summed E-state index contributed by atoms with van der Waals surface area (Å²) in [5, 5.41) is 5.24. The summed E-state index contributed by atoms with van der Waals surface area (Å²) in [6.45, 7) is -0.534. The number of nitrogens with zero attached hydrogens (tertiary/aromatic N) is 2. The summed E-state index contributed by atoms with van der Waals surface area (Å²) in [5.41, 5.74) is -1.57. The molecule has 0 spiro atoms. The van der Waals surface area contributed by atoms with Crippen molar-refractivity contribution in [2.45, 2.75) is 12.1 Å². The van der Waals surface area contributed by atoms with Gasteiger partial charge in [-0.3, -0.25) is 19.9 Å². The second kappa shape index (κ2) is 6.49. The van der Waals surface area contributed by atoms with Gasteiger partial charge in [-0.05, 0) is 23.8 Å². The van der Waals surface area contributed by atoms with Crippen molar-refractivity contribution < 1.29 is 32.3 Å². The lowest BCUT2D eigenvalue weighted by Gasteiger charge is -2.29. The Balaban J connectivity index is 1.57. The van der Waals surface area contributed by atoms with Crippen molar-refractivity contribution in [1.29, 1.82) is 0 Å². The molecule has 0 saturated carbocycles. The van der Waals surface area contributed by atoms with E-state index in [-0.39, 0.29) is 30.0 Å². The predicted octanol–water partition coefficient (Wildman–Crippen LogP) is 1.81. The number of benzene rings is 1. The first kappa shape index (κ1) is 19.0. The van der Waals surface area contributed by atoms with Crippen LogP contribution < -0.4 is 15.4 Å². The maximum Gasteiger partial charge on any atom is 0.322 e. The van der Waals surface area contributed by atoms with Gasteiger partial charge in [-0.15, -0.1) is 0 Å². The third-order valence-electron chi connectivity index (χ3n) is 5.43. The van der Waals surface area contributed by atoms with Crippen LogP contribution in [0.1, 0.15) is 21.7 Å². The van der Waals surface area contributed by atoms with Gasteiger partial charge in [0.2, 0.25) is 0 Å². The number of nitrogens with one attached hydrogen (secondary N) is 2. The van der Waals surface area contributed by atoms with Crippen molar-refractivity contribution in [2.75, 3.05) is 13.7 Å². The second-order valence-corrected chi connectivity index (χ2v) is 7.24. The number of imide groups is 1. The van der Waals surface area contributed by atoms with E-state index >= 15 is 0 Å². The molecule has 3 aromatic rings. The SMILES string of the molecule is COc1c(F)cc2c(c1F)C(=O)N(C[C@@]1(c3cc4cnccc4o3)NC(=O)NC1=O)C2. The lowest BCUT2D eigenvalue weighted by Crippen LogP contribution is -2.52. The average molecular weight is 428 g/mol. The molecule has 9 nitrogen and oxygen atoms in total. The Hall–Kier alpha value is -4.02. The van der Waals surface area contributed by atoms with Crippen LogP contribution in [0.5, 0.6) is 5.75 Å². The fraction of sp³-hybridized carbons (Fsp3) is 0.200. The van der Waals surface area contributed by atoms with Crippen LogP contribution in [0.3, 0.4) is 0 Å². The van der Waals surface area contributed by atoms with Crippen LogP contribution in [-0.2, 0) is 16.9 Å². The molecule has 31 heavy (non-hydrogen) atoms. The Labute approximate surface area is 173 Å². The number of hydrogen-bond donors (Lipinski definition) is 2. The molecule has 1 aromatic carbocycles. The number of urea groups is 1. The molecule has 158 valence electrons. The molecule has 2 aliphatic rings. The lowest BCUT2D eigenvalue weighted by molar-refractivity contribution is -0.125. The number of methoxy groups -OCH3 is 1. The van der Waals surface area contributed by atoms with Gasteiger partial charge in [0, 0.05) is 24.3 Å². The molecule has 11 heteroatoms. The molecule has 4 amide bonds. The standard InChI is InChI=1S/C20H14F2N4O5/c1-30-16-11(21)4-10-7-26(17(27)14(10)15(16)22)8-20(18(28)24-19(29)25-20)13-5-9-6-23-3-2-12(9)31-13/h2-6H,7-8H2,1H3,(H2,24,25,28,29)/t20-/m0/s1. The summed E-state index contributed by atoms with van der Waals surface area (Å²) < 4.78 is 39.3. The third-order valence-corrected chi connectivity index (χ3v) is 5.43. The molecule has 1 fully saturated rings. The monoisotopic (exact) mass is 428 g/mol. The Bertz CT molecular complexity index is 1260. The molecule has 0 aliphatic carbocycles. The van der Waals surface area contributed by atoms with Crippen molar-refractivity contribution in [3.63, 3.8) is 0 Å². The summed E-state index contributed by atoms with van der Waals surface area (Å²) in [5.74, 6) is -4.16. The van der Waals surface area contributed by atoms with Crippen LogP contribution in [0.2, 0.25) is 0 Å². The first-order valence-corrected chi connectivity index (χ1v) is 9.16. The normalized spacial score (nSPS) is 20.2. The zero-order valence-corrected chi connectivity index (χ0v) is 16.0. The maximum absolute atomic E-state index is 14.7. The molecule has 1 saturated heterocycles. The summed E-state index contributed by atoms with van der Waals surface area (Å²) in [6, 6.07) is 3.36. The minimum absolute atomic E-state index is 0.0758. The number of fused-ring (bicyclic) bond motifs is 2. The van der Waals surface area contributed by atoms with E-state index in [1.165, 1.54) is 18.5 Å². The number of hydrogen-bond acceptors (Lipinski definition) is 6. The van der Waals surface area contributed by atoms with Gasteiger partial charge in [0.05, 0.1) is 19.2 Å². The van der Waals surface area contributed by atoms with E-state index in [1.54, 1.807) is 6.07 Å². The van der Waals surface area contributed by atoms with E-state index in [4.69, 9.17) is 9.15 Å². The predicted molar refractivity (Wildman–Crippen MR) is 100 cm³/mol. The van der Waals surface area contributed by atoms with E-state index in [1.807, 2.05) is 0 Å². The van der Waals surface area contributed by atoms with Crippen LogP contribution in [0.25, 0.3) is 11.0 Å². The van der Waals surface area contributed by atoms with Gasteiger partial charge in [0.1, 0.15) is 11.3 Å². The Morgan fingerprint density at radius 3 is 2.77 bits per heavy atom. The lowest BCUT2D eigenvalue weighted by atomic mass is 9.95. The van der Waals surface area contributed by atoms with Gasteiger partial charge in [0.25, 0.3) is 11.8 Å². The Morgan fingerprint density at radius 2 is 2.10 bits per heavy atom. The van der Waals surface area contributed by atoms with Gasteiger partial charge in [-0.1, -0.05) is 0 Å². The highest BCUT2D eigenvalue weighted by Gasteiger charge is 2.53. The number of ether oxygens (including phenoxy) is 1. The summed E-state index contributed by atoms with van der Waals surface area (Å²) in [4.78, 5) is 42.9. The minimum Gasteiger partial charge on any atom is -0.491 e. The van der Waals surface area contributed by atoms with E-state index in [9.17, 15) is 23.2 Å². The van der Waals surface area contributed by atoms with Crippen molar-refractivity contribution in [1.82, 2.24) is 20.5 Å². The van der Waals surface area contributed by atoms with E-state index in [2.05, 4.69) is 15.6 Å². The smallest absolute Gasteiger partial charge is 0.322 e. The van der Waals surface area contributed by atoms with Crippen LogP contribution >= 0.6 is 0 Å². The number of rotatable bonds is 4. The topological polar surface area (TPSA) is 114 Å². The van der Waals surface area contributed by atoms with Crippen LogP contribution in [0.15, 0.2) is 35.0 Å². The van der Waals surface area contributed by atoms with Crippen molar-refractivity contribution >= 4 is 28.8 Å². The van der Waals surface area contributed by atoms with Crippen LogP contribution in [-0.4, -0.2) is 41.4 Å². The van der Waals surface area contributed by atoms with Crippen molar-refractivity contribution in [3.05, 3.63) is 59.1 Å². The molecule has 1 atom stereocenters. The second-order valence-electron chi connectivity index (χ2n) is 7.24. The number of aromatic nitrogens is 1. The third kappa shape index (κ3) is 2.66. The fourth-order valence-corrected chi connectivity index (χ4v) is 3.99.